The highest BCUT2D eigenvalue weighted by molar-refractivity contribution is 8.00. The van der Waals surface area contributed by atoms with Crippen LogP contribution in [0.15, 0.2) is 88.9 Å². The first-order valence-electron chi connectivity index (χ1n) is 10.4. The van der Waals surface area contributed by atoms with Gasteiger partial charge in [-0.15, -0.1) is 0 Å². The summed E-state index contributed by atoms with van der Waals surface area (Å²) in [6.45, 7) is -0.104. The molecule has 8 nitrogen and oxygen atoms in total. The lowest BCUT2D eigenvalue weighted by Gasteiger charge is -2.12. The number of hydrogen-bond donors (Lipinski definition) is 2. The number of pyridine rings is 1. The Morgan fingerprint density at radius 1 is 1.03 bits per heavy atom. The molecule has 2 aromatic heterocycles. The smallest absolute Gasteiger partial charge is 0.446 e. The van der Waals surface area contributed by atoms with Crippen LogP contribution in [-0.2, 0) is 22.3 Å². The van der Waals surface area contributed by atoms with Crippen molar-refractivity contribution in [3.05, 3.63) is 101 Å². The van der Waals surface area contributed by atoms with Crippen molar-refractivity contribution in [1.82, 2.24) is 14.1 Å². The van der Waals surface area contributed by atoms with E-state index in [-0.39, 0.29) is 40.3 Å². The molecule has 0 aliphatic rings. The van der Waals surface area contributed by atoms with Gasteiger partial charge in [0.15, 0.2) is 0 Å². The van der Waals surface area contributed by atoms with Crippen molar-refractivity contribution in [3.8, 4) is 11.6 Å². The van der Waals surface area contributed by atoms with Gasteiger partial charge in [-0.3, -0.25) is 14.3 Å². The molecule has 0 saturated carbocycles. The molecule has 188 valence electrons. The summed E-state index contributed by atoms with van der Waals surface area (Å²) in [7, 11) is -3.79. The van der Waals surface area contributed by atoms with E-state index >= 15 is 0 Å². The minimum atomic E-state index is -4.45. The van der Waals surface area contributed by atoms with Crippen LogP contribution in [0.2, 0.25) is 0 Å². The summed E-state index contributed by atoms with van der Waals surface area (Å²) >= 11 is -0.291. The fourth-order valence-electron chi connectivity index (χ4n) is 3.47. The quantitative estimate of drug-likeness (QED) is 0.325. The first-order chi connectivity index (χ1) is 17.0. The van der Waals surface area contributed by atoms with Gasteiger partial charge in [-0.25, -0.2) is 17.8 Å². The molecule has 2 heterocycles. The van der Waals surface area contributed by atoms with E-state index in [4.69, 9.17) is 0 Å². The molecule has 0 atom stereocenters. The predicted molar refractivity (Wildman–Crippen MR) is 130 cm³/mol. The second-order valence-corrected chi connectivity index (χ2v) is 10.5. The average Bonchev–Trinajstić information content (AvgIpc) is 3.07. The third-order valence-corrected chi connectivity index (χ3v) is 6.97. The SMILES string of the molecule is O=c1n(Cc2ccncc2NS(=O)(=O)Cc2ccccc2)cc(O)n1-c1ccc(SC(F)(F)F)cc1. The summed E-state index contributed by atoms with van der Waals surface area (Å²) in [5, 5.41) is 10.4. The second kappa shape index (κ2) is 10.1. The number of aromatic hydroxyl groups is 1. The topological polar surface area (TPSA) is 106 Å². The Hall–Kier alpha value is -3.71. The van der Waals surface area contributed by atoms with E-state index in [1.807, 2.05) is 0 Å². The van der Waals surface area contributed by atoms with Crippen molar-refractivity contribution in [3.63, 3.8) is 0 Å². The number of hydrogen-bond acceptors (Lipinski definition) is 6. The highest BCUT2D eigenvalue weighted by atomic mass is 32.2. The number of alkyl halides is 3. The zero-order valence-electron chi connectivity index (χ0n) is 18.4. The van der Waals surface area contributed by atoms with Gasteiger partial charge in [-0.2, -0.15) is 13.2 Å². The van der Waals surface area contributed by atoms with Crippen LogP contribution >= 0.6 is 11.8 Å². The Bertz CT molecular complexity index is 1520. The molecule has 0 aliphatic heterocycles. The number of rotatable bonds is 8. The van der Waals surface area contributed by atoms with Crippen LogP contribution in [0.4, 0.5) is 18.9 Å². The van der Waals surface area contributed by atoms with Crippen LogP contribution < -0.4 is 10.4 Å². The van der Waals surface area contributed by atoms with Gasteiger partial charge < -0.3 is 5.11 Å². The van der Waals surface area contributed by atoms with Crippen molar-refractivity contribution < 1.29 is 26.7 Å². The Balaban J connectivity index is 1.57. The van der Waals surface area contributed by atoms with Crippen LogP contribution in [0.1, 0.15) is 11.1 Å². The summed E-state index contributed by atoms with van der Waals surface area (Å²) in [6, 6.07) is 15.1. The van der Waals surface area contributed by atoms with Gasteiger partial charge in [0.1, 0.15) is 0 Å². The molecule has 0 saturated heterocycles. The highest BCUT2D eigenvalue weighted by Crippen LogP contribution is 2.37. The predicted octanol–water partition coefficient (Wildman–Crippen LogP) is 4.34. The van der Waals surface area contributed by atoms with E-state index in [1.165, 1.54) is 42.7 Å². The summed E-state index contributed by atoms with van der Waals surface area (Å²) in [4.78, 5) is 16.9. The maximum absolute atomic E-state index is 13.0. The van der Waals surface area contributed by atoms with Crippen molar-refractivity contribution in [2.75, 3.05) is 4.72 Å². The molecule has 4 aromatic rings. The molecule has 36 heavy (non-hydrogen) atoms. The zero-order valence-corrected chi connectivity index (χ0v) is 20.0. The number of halogens is 3. The Kier molecular flexibility index (Phi) is 7.13. The van der Waals surface area contributed by atoms with Gasteiger partial charge >= 0.3 is 11.2 Å². The van der Waals surface area contributed by atoms with E-state index < -0.39 is 27.1 Å². The maximum Gasteiger partial charge on any atom is 0.446 e. The fourth-order valence-corrected chi connectivity index (χ4v) is 5.23. The molecule has 0 amide bonds. The first kappa shape index (κ1) is 25.4. The third-order valence-electron chi connectivity index (χ3n) is 4.98. The molecular weight excluding hydrogens is 517 g/mol. The van der Waals surface area contributed by atoms with Gasteiger partial charge in [0.2, 0.25) is 15.9 Å². The van der Waals surface area contributed by atoms with E-state index in [1.54, 1.807) is 30.3 Å². The Morgan fingerprint density at radius 3 is 2.39 bits per heavy atom. The molecule has 2 aromatic carbocycles. The van der Waals surface area contributed by atoms with Gasteiger partial charge in [0.25, 0.3) is 0 Å². The molecule has 0 radical (unpaired) electrons. The van der Waals surface area contributed by atoms with Crippen molar-refractivity contribution in [2.45, 2.75) is 22.7 Å². The highest BCUT2D eigenvalue weighted by Gasteiger charge is 2.29. The van der Waals surface area contributed by atoms with Crippen molar-refractivity contribution in [2.24, 2.45) is 0 Å². The molecular formula is C23H19F3N4O4S2. The minimum Gasteiger partial charge on any atom is -0.493 e. The lowest BCUT2D eigenvalue weighted by Crippen LogP contribution is -2.24. The number of aromatic nitrogens is 3. The summed E-state index contributed by atoms with van der Waals surface area (Å²) in [5.74, 6) is -0.696. The number of nitrogens with one attached hydrogen (secondary N) is 1. The summed E-state index contributed by atoms with van der Waals surface area (Å²) in [5.41, 5.74) is -3.78. The van der Waals surface area contributed by atoms with Gasteiger partial charge in [0.05, 0.1) is 36.1 Å². The van der Waals surface area contributed by atoms with Crippen LogP contribution in [0, 0.1) is 0 Å². The molecule has 2 N–H and O–H groups in total. The number of anilines is 1. The average molecular weight is 537 g/mol. The van der Waals surface area contributed by atoms with E-state index in [2.05, 4.69) is 9.71 Å². The van der Waals surface area contributed by atoms with Crippen LogP contribution in [0.5, 0.6) is 5.88 Å². The van der Waals surface area contributed by atoms with Crippen LogP contribution in [0.3, 0.4) is 0 Å². The molecule has 0 bridgehead atoms. The molecule has 0 fully saturated rings. The standard InChI is InChI=1S/C23H19F3N4O4S2/c24-23(25,26)35-19-8-6-18(7-9-19)30-21(31)14-29(22(30)32)13-17-10-11-27-12-20(17)28-36(33,34)15-16-4-2-1-3-5-16/h1-12,14,28,31H,13,15H2. The number of nitrogens with zero attached hydrogens (tertiary/aromatic N) is 3. The number of imidazole rings is 1. The molecule has 0 unspecified atom stereocenters. The fraction of sp³-hybridized carbons (Fsp3) is 0.130. The Morgan fingerprint density at radius 2 is 1.72 bits per heavy atom. The summed E-state index contributed by atoms with van der Waals surface area (Å²) < 4.78 is 67.6. The number of benzene rings is 2. The lowest BCUT2D eigenvalue weighted by atomic mass is 10.2. The molecule has 0 spiro atoms. The van der Waals surface area contributed by atoms with E-state index in [0.717, 1.165) is 15.3 Å². The van der Waals surface area contributed by atoms with Crippen LogP contribution in [-0.4, -0.2) is 33.2 Å². The summed E-state index contributed by atoms with van der Waals surface area (Å²) in [6.07, 6.45) is 3.91. The monoisotopic (exact) mass is 536 g/mol. The minimum absolute atomic E-state index is 0.0672. The van der Waals surface area contributed by atoms with Crippen molar-refractivity contribution in [1.29, 1.82) is 0 Å². The zero-order chi connectivity index (χ0) is 25.9. The van der Waals surface area contributed by atoms with E-state index in [0.29, 0.717) is 11.1 Å². The second-order valence-electron chi connectivity index (χ2n) is 7.65. The first-order valence-corrected chi connectivity index (χ1v) is 12.8. The van der Waals surface area contributed by atoms with Gasteiger partial charge in [-0.05, 0) is 53.2 Å². The lowest BCUT2D eigenvalue weighted by molar-refractivity contribution is -0.0328. The Labute approximate surface area is 208 Å². The third kappa shape index (κ3) is 6.29. The number of thioether (sulfide) groups is 1. The largest absolute Gasteiger partial charge is 0.493 e. The number of sulfonamides is 1. The van der Waals surface area contributed by atoms with Crippen LogP contribution in [0.25, 0.3) is 5.69 Å². The molecule has 4 rings (SSSR count). The maximum atomic E-state index is 13.0. The van der Waals surface area contributed by atoms with Crippen molar-refractivity contribution >= 4 is 27.5 Å². The molecule has 13 heteroatoms. The van der Waals surface area contributed by atoms with Gasteiger partial charge in [0, 0.05) is 11.1 Å². The van der Waals surface area contributed by atoms with Gasteiger partial charge in [-0.1, -0.05) is 30.3 Å². The molecule has 0 aliphatic carbocycles. The van der Waals surface area contributed by atoms with E-state index in [9.17, 15) is 31.5 Å². The normalized spacial score (nSPS) is 12.0.